The summed E-state index contributed by atoms with van der Waals surface area (Å²) in [5.74, 6) is 1.30. The molecule has 0 amide bonds. The number of nitrogens with zero attached hydrogens (tertiary/aromatic N) is 1. The molecular weight excluding hydrogens is 228 g/mol. The van der Waals surface area contributed by atoms with Crippen LogP contribution >= 0.6 is 11.8 Å². The molecule has 17 heavy (non-hydrogen) atoms. The minimum absolute atomic E-state index is 0.458. The maximum Gasteiger partial charge on any atom is 0.0231 e. The second kappa shape index (κ2) is 8.39. The van der Waals surface area contributed by atoms with Crippen LogP contribution in [0.3, 0.4) is 0 Å². The van der Waals surface area contributed by atoms with Gasteiger partial charge in [0.15, 0.2) is 0 Å². The van der Waals surface area contributed by atoms with E-state index in [1.165, 1.54) is 57.6 Å². The average Bonchev–Trinajstić information content (AvgIpc) is 2.27. The zero-order valence-corrected chi connectivity index (χ0v) is 12.7. The van der Waals surface area contributed by atoms with Gasteiger partial charge in [-0.1, -0.05) is 26.2 Å². The van der Waals surface area contributed by atoms with Gasteiger partial charge in [0.1, 0.15) is 0 Å². The van der Waals surface area contributed by atoms with Gasteiger partial charge in [-0.05, 0) is 26.8 Å². The molecule has 1 N–H and O–H groups in total. The molecule has 0 aromatic heterocycles. The van der Waals surface area contributed by atoms with Crippen molar-refractivity contribution in [3.05, 3.63) is 0 Å². The molecule has 1 heterocycles. The smallest absolute Gasteiger partial charge is 0.0231 e. The highest BCUT2D eigenvalue weighted by Gasteiger charge is 2.26. The van der Waals surface area contributed by atoms with E-state index in [1.807, 2.05) is 0 Å². The first-order chi connectivity index (χ1) is 8.14. The van der Waals surface area contributed by atoms with Crippen molar-refractivity contribution in [1.82, 2.24) is 10.2 Å². The van der Waals surface area contributed by atoms with Gasteiger partial charge in [0.05, 0.1) is 0 Å². The number of rotatable bonds is 8. The van der Waals surface area contributed by atoms with E-state index in [1.54, 1.807) is 0 Å². The molecule has 0 spiro atoms. The predicted molar refractivity (Wildman–Crippen MR) is 80.0 cm³/mol. The maximum atomic E-state index is 3.57. The highest BCUT2D eigenvalue weighted by molar-refractivity contribution is 8.00. The van der Waals surface area contributed by atoms with E-state index in [9.17, 15) is 0 Å². The Morgan fingerprint density at radius 2 is 2.00 bits per heavy atom. The minimum atomic E-state index is 0.458. The Morgan fingerprint density at radius 3 is 2.71 bits per heavy atom. The quantitative estimate of drug-likeness (QED) is 0.674. The van der Waals surface area contributed by atoms with Gasteiger partial charge in [-0.2, -0.15) is 11.8 Å². The molecule has 0 atom stereocenters. The molecule has 0 aliphatic carbocycles. The monoisotopic (exact) mass is 258 g/mol. The average molecular weight is 258 g/mol. The topological polar surface area (TPSA) is 15.3 Å². The summed E-state index contributed by atoms with van der Waals surface area (Å²) in [7, 11) is 0. The summed E-state index contributed by atoms with van der Waals surface area (Å²) in [4.78, 5) is 2.61. The molecule has 0 bridgehead atoms. The fourth-order valence-corrected chi connectivity index (χ4v) is 3.52. The van der Waals surface area contributed by atoms with E-state index < -0.39 is 0 Å². The first-order valence-electron chi connectivity index (χ1n) is 7.21. The van der Waals surface area contributed by atoms with E-state index in [-0.39, 0.29) is 0 Å². The van der Waals surface area contributed by atoms with Crippen LogP contribution < -0.4 is 5.32 Å². The molecule has 102 valence electrons. The maximum absolute atomic E-state index is 3.57. The second-order valence-corrected chi connectivity index (χ2v) is 7.50. The van der Waals surface area contributed by atoms with Crippen LogP contribution in [-0.4, -0.2) is 48.1 Å². The van der Waals surface area contributed by atoms with Gasteiger partial charge in [0, 0.05) is 36.7 Å². The van der Waals surface area contributed by atoms with E-state index >= 15 is 0 Å². The van der Waals surface area contributed by atoms with Crippen molar-refractivity contribution in [2.24, 2.45) is 0 Å². The van der Waals surface area contributed by atoms with Crippen LogP contribution in [0.5, 0.6) is 0 Å². The lowest BCUT2D eigenvalue weighted by atomic mass is 10.2. The number of unbranched alkanes of at least 4 members (excludes halogenated alkanes) is 3. The molecular formula is C14H30N2S. The molecule has 1 aliphatic rings. The molecule has 1 saturated heterocycles. The SMILES string of the molecule is CCCCCCNCCN1CCSC(C)(C)C1. The number of nitrogens with one attached hydrogen (secondary N) is 1. The Labute approximate surface area is 112 Å². The summed E-state index contributed by atoms with van der Waals surface area (Å²) in [5, 5.41) is 3.57. The Balaban J connectivity index is 1.95. The van der Waals surface area contributed by atoms with Crippen molar-refractivity contribution in [1.29, 1.82) is 0 Å². The fourth-order valence-electron chi connectivity index (χ4n) is 2.34. The van der Waals surface area contributed by atoms with Crippen LogP contribution in [0.15, 0.2) is 0 Å². The Hall–Kier alpha value is 0.270. The third-order valence-corrected chi connectivity index (χ3v) is 4.61. The van der Waals surface area contributed by atoms with Gasteiger partial charge in [-0.3, -0.25) is 4.90 Å². The van der Waals surface area contributed by atoms with Gasteiger partial charge >= 0.3 is 0 Å². The minimum Gasteiger partial charge on any atom is -0.315 e. The summed E-state index contributed by atoms with van der Waals surface area (Å²) in [5.41, 5.74) is 0. The van der Waals surface area contributed by atoms with Crippen molar-refractivity contribution >= 4 is 11.8 Å². The molecule has 0 aromatic rings. The largest absolute Gasteiger partial charge is 0.315 e. The van der Waals surface area contributed by atoms with Crippen LogP contribution in [0.4, 0.5) is 0 Å². The zero-order chi connectivity index (χ0) is 12.6. The standard InChI is InChI=1S/C14H30N2S/c1-4-5-6-7-8-15-9-10-16-11-12-17-14(2,3)13-16/h15H,4-13H2,1-3H3. The summed E-state index contributed by atoms with van der Waals surface area (Å²) in [6.07, 6.45) is 5.45. The predicted octanol–water partition coefficient (Wildman–Crippen LogP) is 2.98. The molecule has 3 heteroatoms. The number of hydrogen-bond donors (Lipinski definition) is 1. The van der Waals surface area contributed by atoms with E-state index in [0.717, 1.165) is 6.54 Å². The first kappa shape index (κ1) is 15.3. The lowest BCUT2D eigenvalue weighted by Crippen LogP contribution is -2.45. The molecule has 0 radical (unpaired) electrons. The van der Waals surface area contributed by atoms with Crippen molar-refractivity contribution in [3.8, 4) is 0 Å². The third kappa shape index (κ3) is 7.32. The van der Waals surface area contributed by atoms with Gasteiger partial charge < -0.3 is 5.32 Å². The normalized spacial score (nSPS) is 20.6. The second-order valence-electron chi connectivity index (χ2n) is 5.69. The fraction of sp³-hybridized carbons (Fsp3) is 1.00. The van der Waals surface area contributed by atoms with E-state index in [4.69, 9.17) is 0 Å². The molecule has 0 saturated carbocycles. The van der Waals surface area contributed by atoms with Crippen molar-refractivity contribution in [2.75, 3.05) is 38.5 Å². The summed E-state index contributed by atoms with van der Waals surface area (Å²) in [6, 6.07) is 0. The molecule has 0 aromatic carbocycles. The van der Waals surface area contributed by atoms with Crippen LogP contribution in [0.25, 0.3) is 0 Å². The van der Waals surface area contributed by atoms with Gasteiger partial charge in [0.2, 0.25) is 0 Å². The van der Waals surface area contributed by atoms with Crippen LogP contribution in [0, 0.1) is 0 Å². The van der Waals surface area contributed by atoms with Gasteiger partial charge in [-0.25, -0.2) is 0 Å². The van der Waals surface area contributed by atoms with Crippen molar-refractivity contribution < 1.29 is 0 Å². The molecule has 0 unspecified atom stereocenters. The third-order valence-electron chi connectivity index (χ3n) is 3.32. The van der Waals surface area contributed by atoms with E-state index in [0.29, 0.717) is 4.75 Å². The summed E-state index contributed by atoms with van der Waals surface area (Å²) < 4.78 is 0.458. The van der Waals surface area contributed by atoms with Crippen molar-refractivity contribution in [2.45, 2.75) is 51.2 Å². The molecule has 1 fully saturated rings. The molecule has 2 nitrogen and oxygen atoms in total. The highest BCUT2D eigenvalue weighted by Crippen LogP contribution is 2.28. The van der Waals surface area contributed by atoms with Gasteiger partial charge in [-0.15, -0.1) is 0 Å². The Bertz CT molecular complexity index is 195. The Kier molecular flexibility index (Phi) is 7.56. The van der Waals surface area contributed by atoms with Crippen molar-refractivity contribution in [3.63, 3.8) is 0 Å². The Morgan fingerprint density at radius 1 is 1.18 bits per heavy atom. The summed E-state index contributed by atoms with van der Waals surface area (Å²) in [6.45, 7) is 13.1. The number of hydrogen-bond acceptors (Lipinski definition) is 3. The number of thioether (sulfide) groups is 1. The zero-order valence-electron chi connectivity index (χ0n) is 11.9. The van der Waals surface area contributed by atoms with Gasteiger partial charge in [0.25, 0.3) is 0 Å². The summed E-state index contributed by atoms with van der Waals surface area (Å²) >= 11 is 2.11. The van der Waals surface area contributed by atoms with Crippen LogP contribution in [0.1, 0.15) is 46.5 Å². The highest BCUT2D eigenvalue weighted by atomic mass is 32.2. The lowest BCUT2D eigenvalue weighted by Gasteiger charge is -2.37. The first-order valence-corrected chi connectivity index (χ1v) is 8.19. The van der Waals surface area contributed by atoms with Crippen LogP contribution in [0.2, 0.25) is 0 Å². The van der Waals surface area contributed by atoms with E-state index in [2.05, 4.69) is 42.7 Å². The molecule has 1 aliphatic heterocycles. The molecule has 1 rings (SSSR count). The lowest BCUT2D eigenvalue weighted by molar-refractivity contribution is 0.260. The van der Waals surface area contributed by atoms with Crippen LogP contribution in [-0.2, 0) is 0 Å².